The normalized spacial score (nSPS) is 11.4. The van der Waals surface area contributed by atoms with Crippen molar-refractivity contribution >= 4 is 54.6 Å². The number of nitrogens with one attached hydrogen (secondary N) is 1. The zero-order valence-electron chi connectivity index (χ0n) is 18.8. The van der Waals surface area contributed by atoms with E-state index in [4.69, 9.17) is 4.74 Å². The summed E-state index contributed by atoms with van der Waals surface area (Å²) in [6.07, 6.45) is 1.58. The predicted octanol–water partition coefficient (Wildman–Crippen LogP) is 7.54. The Bertz CT molecular complexity index is 1530. The van der Waals surface area contributed by atoms with Crippen molar-refractivity contribution in [3.63, 3.8) is 0 Å². The molecule has 164 valence electrons. The van der Waals surface area contributed by atoms with Crippen LogP contribution in [-0.4, -0.2) is 15.0 Å². The van der Waals surface area contributed by atoms with Crippen molar-refractivity contribution in [2.24, 2.45) is 5.41 Å². The van der Waals surface area contributed by atoms with Gasteiger partial charge in [-0.3, -0.25) is 0 Å². The smallest absolute Gasteiger partial charge is 0.151 e. The molecule has 1 N–H and O–H groups in total. The first kappa shape index (κ1) is 21.4. The van der Waals surface area contributed by atoms with E-state index in [0.717, 1.165) is 53.9 Å². The number of benzene rings is 2. The van der Waals surface area contributed by atoms with Gasteiger partial charge in [0.1, 0.15) is 17.8 Å². The van der Waals surface area contributed by atoms with Crippen LogP contribution in [0.25, 0.3) is 20.4 Å². The van der Waals surface area contributed by atoms with Gasteiger partial charge in [0.05, 0.1) is 30.8 Å². The van der Waals surface area contributed by atoms with E-state index in [1.54, 1.807) is 29.0 Å². The molecule has 0 aliphatic heterocycles. The minimum Gasteiger partial charge on any atom is -0.457 e. The van der Waals surface area contributed by atoms with Gasteiger partial charge < -0.3 is 10.1 Å². The molecule has 7 heteroatoms. The van der Waals surface area contributed by atoms with Gasteiger partial charge in [-0.05, 0) is 69.7 Å². The van der Waals surface area contributed by atoms with E-state index >= 15 is 0 Å². The maximum absolute atomic E-state index is 6.12. The number of thiophene rings is 1. The van der Waals surface area contributed by atoms with Crippen LogP contribution in [0.1, 0.15) is 31.2 Å². The Balaban J connectivity index is 1.38. The number of aryl methyl sites for hydroxylation is 1. The van der Waals surface area contributed by atoms with Crippen LogP contribution in [-0.2, 0) is 0 Å². The Labute approximate surface area is 200 Å². The van der Waals surface area contributed by atoms with Crippen LogP contribution in [0.5, 0.6) is 11.5 Å². The second kappa shape index (κ2) is 8.47. The molecule has 0 amide bonds. The Morgan fingerprint density at radius 1 is 0.970 bits per heavy atom. The van der Waals surface area contributed by atoms with Crippen molar-refractivity contribution in [3.8, 4) is 23.3 Å². The highest BCUT2D eigenvalue weighted by Gasteiger charge is 2.11. The molecule has 33 heavy (non-hydrogen) atoms. The standard InChI is InChI=1S/C26H22N4OS2/c1-16-11-17(5-7-22(16)31-18-6-8-23-20(12-18)29-15-32-23)30-25-24-21(27-14-28-25)13-19(33-24)9-10-26(2,3)4/h5-8,11-15H,1-4H3,(H,27,28,30). The Hall–Kier alpha value is -3.47. The van der Waals surface area contributed by atoms with Crippen LogP contribution in [0, 0.1) is 24.2 Å². The van der Waals surface area contributed by atoms with Gasteiger partial charge in [-0.1, -0.05) is 11.8 Å². The number of aromatic nitrogens is 3. The fourth-order valence-corrected chi connectivity index (χ4v) is 4.83. The average molecular weight is 471 g/mol. The van der Waals surface area contributed by atoms with E-state index in [2.05, 4.69) is 58.9 Å². The molecule has 0 saturated carbocycles. The molecule has 0 atom stereocenters. The van der Waals surface area contributed by atoms with E-state index in [0.29, 0.717) is 0 Å². The van der Waals surface area contributed by atoms with E-state index < -0.39 is 0 Å². The van der Waals surface area contributed by atoms with Crippen molar-refractivity contribution in [3.05, 3.63) is 64.7 Å². The van der Waals surface area contributed by atoms with Crippen LogP contribution in [0.4, 0.5) is 11.5 Å². The molecular weight excluding hydrogens is 448 g/mol. The van der Waals surface area contributed by atoms with Gasteiger partial charge in [0.25, 0.3) is 0 Å². The van der Waals surface area contributed by atoms with Crippen LogP contribution in [0.15, 0.2) is 54.3 Å². The molecule has 0 saturated heterocycles. The summed E-state index contributed by atoms with van der Waals surface area (Å²) >= 11 is 3.23. The average Bonchev–Trinajstić information content (AvgIpc) is 3.40. The zero-order chi connectivity index (χ0) is 23.0. The van der Waals surface area contributed by atoms with Crippen molar-refractivity contribution in [1.82, 2.24) is 15.0 Å². The van der Waals surface area contributed by atoms with Crippen LogP contribution in [0.2, 0.25) is 0 Å². The molecule has 5 nitrogen and oxygen atoms in total. The quantitative estimate of drug-likeness (QED) is 0.275. The van der Waals surface area contributed by atoms with Crippen LogP contribution in [0.3, 0.4) is 0 Å². The largest absolute Gasteiger partial charge is 0.457 e. The van der Waals surface area contributed by atoms with Crippen LogP contribution < -0.4 is 10.1 Å². The maximum atomic E-state index is 6.12. The summed E-state index contributed by atoms with van der Waals surface area (Å²) in [6.45, 7) is 8.34. The number of thiazole rings is 1. The molecular formula is C26H22N4OS2. The van der Waals surface area contributed by atoms with Crippen molar-refractivity contribution < 1.29 is 4.74 Å². The van der Waals surface area contributed by atoms with Gasteiger partial charge in [-0.25, -0.2) is 15.0 Å². The van der Waals surface area contributed by atoms with Gasteiger partial charge in [-0.15, -0.1) is 22.7 Å². The fourth-order valence-electron chi connectivity index (χ4n) is 3.26. The third kappa shape index (κ3) is 4.82. The van der Waals surface area contributed by atoms with Gasteiger partial charge in [0.2, 0.25) is 0 Å². The first-order chi connectivity index (χ1) is 15.8. The molecule has 0 fully saturated rings. The number of rotatable bonds is 4. The molecule has 0 radical (unpaired) electrons. The van der Waals surface area contributed by atoms with E-state index in [-0.39, 0.29) is 5.41 Å². The lowest BCUT2D eigenvalue weighted by atomic mass is 9.98. The second-order valence-electron chi connectivity index (χ2n) is 8.74. The highest BCUT2D eigenvalue weighted by atomic mass is 32.1. The molecule has 3 aromatic heterocycles. The Kier molecular flexibility index (Phi) is 5.49. The lowest BCUT2D eigenvalue weighted by Crippen LogP contribution is -1.98. The molecule has 2 aromatic carbocycles. The number of ether oxygens (including phenoxy) is 1. The number of nitrogens with zero attached hydrogens (tertiary/aromatic N) is 3. The third-order valence-corrected chi connectivity index (χ3v) is 6.70. The number of hydrogen-bond acceptors (Lipinski definition) is 7. The first-order valence-electron chi connectivity index (χ1n) is 10.5. The topological polar surface area (TPSA) is 59.9 Å². The van der Waals surface area contributed by atoms with Gasteiger partial charge in [0, 0.05) is 17.2 Å². The Morgan fingerprint density at radius 3 is 2.67 bits per heavy atom. The monoisotopic (exact) mass is 470 g/mol. The van der Waals surface area contributed by atoms with E-state index in [9.17, 15) is 0 Å². The molecule has 5 rings (SSSR count). The molecule has 5 aromatic rings. The second-order valence-corrected chi connectivity index (χ2v) is 10.7. The van der Waals surface area contributed by atoms with Gasteiger partial charge in [-0.2, -0.15) is 0 Å². The highest BCUT2D eigenvalue weighted by Crippen LogP contribution is 2.33. The SMILES string of the molecule is Cc1cc(Nc2ncnc3cc(C#CC(C)(C)C)sc23)ccc1Oc1ccc2scnc2c1. The molecule has 0 spiro atoms. The van der Waals surface area contributed by atoms with E-state index in [1.165, 1.54) is 0 Å². The number of fused-ring (bicyclic) bond motifs is 2. The number of hydrogen-bond donors (Lipinski definition) is 1. The number of anilines is 2. The fraction of sp³-hybridized carbons (Fsp3) is 0.192. The summed E-state index contributed by atoms with van der Waals surface area (Å²) in [4.78, 5) is 14.2. The van der Waals surface area contributed by atoms with Crippen molar-refractivity contribution in [1.29, 1.82) is 0 Å². The lowest BCUT2D eigenvalue weighted by Gasteiger charge is -2.12. The summed E-state index contributed by atoms with van der Waals surface area (Å²) in [7, 11) is 0. The van der Waals surface area contributed by atoms with E-state index in [1.807, 2.05) is 48.8 Å². The summed E-state index contributed by atoms with van der Waals surface area (Å²) in [6, 6.07) is 14.0. The van der Waals surface area contributed by atoms with Crippen molar-refractivity contribution in [2.75, 3.05) is 5.32 Å². The van der Waals surface area contributed by atoms with Crippen molar-refractivity contribution in [2.45, 2.75) is 27.7 Å². The predicted molar refractivity (Wildman–Crippen MR) is 138 cm³/mol. The third-order valence-electron chi connectivity index (χ3n) is 4.84. The molecule has 0 aliphatic carbocycles. The molecule has 3 heterocycles. The maximum Gasteiger partial charge on any atom is 0.151 e. The lowest BCUT2D eigenvalue weighted by molar-refractivity contribution is 0.479. The minimum atomic E-state index is -0.0454. The molecule has 0 bridgehead atoms. The van der Waals surface area contributed by atoms with Gasteiger partial charge in [0.15, 0.2) is 5.82 Å². The Morgan fingerprint density at radius 2 is 1.85 bits per heavy atom. The first-order valence-corrected chi connectivity index (χ1v) is 12.2. The zero-order valence-corrected chi connectivity index (χ0v) is 20.4. The summed E-state index contributed by atoms with van der Waals surface area (Å²) in [5, 5.41) is 3.43. The van der Waals surface area contributed by atoms with Crippen LogP contribution >= 0.6 is 22.7 Å². The summed E-state index contributed by atoms with van der Waals surface area (Å²) in [5.41, 5.74) is 5.60. The highest BCUT2D eigenvalue weighted by molar-refractivity contribution is 7.20. The van der Waals surface area contributed by atoms with Gasteiger partial charge >= 0.3 is 0 Å². The molecule has 0 aliphatic rings. The summed E-state index contributed by atoms with van der Waals surface area (Å²) in [5.74, 6) is 8.91. The molecule has 0 unspecified atom stereocenters. The minimum absolute atomic E-state index is 0.0454. The summed E-state index contributed by atoms with van der Waals surface area (Å²) < 4.78 is 8.26.